The predicted octanol–water partition coefficient (Wildman–Crippen LogP) is 1.88. The van der Waals surface area contributed by atoms with Crippen LogP contribution in [0.1, 0.15) is 37.0 Å². The van der Waals surface area contributed by atoms with Gasteiger partial charge in [0.1, 0.15) is 5.54 Å². The van der Waals surface area contributed by atoms with Gasteiger partial charge in [0.2, 0.25) is 5.91 Å². The molecule has 8 heteroatoms. The zero-order valence-corrected chi connectivity index (χ0v) is 16.6. The van der Waals surface area contributed by atoms with Crippen LogP contribution in [0, 0.1) is 0 Å². The molecule has 2 N–H and O–H groups in total. The van der Waals surface area contributed by atoms with Crippen molar-refractivity contribution in [2.24, 2.45) is 0 Å². The second kappa shape index (κ2) is 7.90. The number of likely N-dealkylation sites (tertiary alicyclic amines) is 1. The monoisotopic (exact) mass is 391 g/mol. The molecule has 0 bridgehead atoms. The third-order valence-electron chi connectivity index (χ3n) is 5.03. The minimum absolute atomic E-state index is 0.0802. The van der Waals surface area contributed by atoms with Gasteiger partial charge in [0.05, 0.1) is 17.5 Å². The van der Waals surface area contributed by atoms with E-state index in [0.29, 0.717) is 37.2 Å². The van der Waals surface area contributed by atoms with Crippen molar-refractivity contribution in [3.05, 3.63) is 23.8 Å². The molecule has 1 aromatic rings. The zero-order chi connectivity index (χ0) is 19.6. The maximum Gasteiger partial charge on any atom is 0.331 e. The molecule has 0 spiro atoms. The zero-order valence-electron chi connectivity index (χ0n) is 15.8. The number of nitrogens with zero attached hydrogens (tertiary/aromatic N) is 1. The number of nitrogens with one attached hydrogen (secondary N) is 2. The molecule has 0 aromatic heterocycles. The van der Waals surface area contributed by atoms with Crippen LogP contribution < -0.4 is 10.6 Å². The maximum absolute atomic E-state index is 12.9. The Morgan fingerprint density at radius 1 is 1.37 bits per heavy atom. The van der Waals surface area contributed by atoms with Gasteiger partial charge in [0, 0.05) is 23.5 Å². The van der Waals surface area contributed by atoms with Crippen LogP contribution in [0.3, 0.4) is 0 Å². The van der Waals surface area contributed by atoms with Gasteiger partial charge in [-0.3, -0.25) is 9.59 Å². The first-order valence-electron chi connectivity index (χ1n) is 9.14. The van der Waals surface area contributed by atoms with E-state index in [9.17, 15) is 14.4 Å². The first-order chi connectivity index (χ1) is 12.8. The highest BCUT2D eigenvalue weighted by molar-refractivity contribution is 8.00. The first-order valence-corrected chi connectivity index (χ1v) is 10.0. The fourth-order valence-electron chi connectivity index (χ4n) is 3.29. The van der Waals surface area contributed by atoms with Crippen LogP contribution in [0.2, 0.25) is 0 Å². The summed E-state index contributed by atoms with van der Waals surface area (Å²) in [6.45, 7) is 5.27. The molecule has 0 unspecified atom stereocenters. The Morgan fingerprint density at radius 2 is 2.07 bits per heavy atom. The van der Waals surface area contributed by atoms with E-state index in [1.807, 2.05) is 20.0 Å². The van der Waals surface area contributed by atoms with Gasteiger partial charge in [-0.2, -0.15) is 0 Å². The highest BCUT2D eigenvalue weighted by Gasteiger charge is 2.43. The van der Waals surface area contributed by atoms with Crippen LogP contribution in [0.15, 0.2) is 23.1 Å². The third-order valence-corrected chi connectivity index (χ3v) is 6.21. The molecule has 1 fully saturated rings. The van der Waals surface area contributed by atoms with Crippen LogP contribution in [0.4, 0.5) is 5.69 Å². The molecule has 146 valence electrons. The third kappa shape index (κ3) is 4.11. The molecule has 2 aliphatic rings. The van der Waals surface area contributed by atoms with Crippen molar-refractivity contribution in [2.45, 2.75) is 42.4 Å². The van der Waals surface area contributed by atoms with Crippen LogP contribution >= 0.6 is 11.8 Å². The number of hydrogen-bond acceptors (Lipinski definition) is 6. The normalized spacial score (nSPS) is 21.7. The van der Waals surface area contributed by atoms with Crippen molar-refractivity contribution in [1.82, 2.24) is 10.2 Å². The number of esters is 1. The molecule has 2 amide bonds. The molecule has 1 aromatic carbocycles. The van der Waals surface area contributed by atoms with E-state index in [1.165, 1.54) is 11.8 Å². The second-order valence-electron chi connectivity index (χ2n) is 7.02. The van der Waals surface area contributed by atoms with E-state index in [1.54, 1.807) is 19.1 Å². The van der Waals surface area contributed by atoms with E-state index >= 15 is 0 Å². The van der Waals surface area contributed by atoms with Crippen LogP contribution in [0.5, 0.6) is 0 Å². The van der Waals surface area contributed by atoms with Crippen LogP contribution in [-0.4, -0.2) is 60.2 Å². The number of carbonyl (C=O) groups is 3. The Hall–Kier alpha value is -2.06. The van der Waals surface area contributed by atoms with Crippen molar-refractivity contribution in [2.75, 3.05) is 32.1 Å². The Bertz CT molecular complexity index is 759. The summed E-state index contributed by atoms with van der Waals surface area (Å²) in [6, 6.07) is 5.21. The molecule has 0 aliphatic carbocycles. The minimum Gasteiger partial charge on any atom is -0.464 e. The number of ether oxygens (including phenoxy) is 1. The molecule has 3 rings (SSSR count). The number of fused-ring (bicyclic) bond motifs is 1. The van der Waals surface area contributed by atoms with Crippen molar-refractivity contribution >= 4 is 35.2 Å². The Balaban J connectivity index is 1.81. The molecule has 1 atom stereocenters. The van der Waals surface area contributed by atoms with Gasteiger partial charge in [-0.05, 0) is 51.9 Å². The molecule has 27 heavy (non-hydrogen) atoms. The van der Waals surface area contributed by atoms with E-state index in [2.05, 4.69) is 15.5 Å². The summed E-state index contributed by atoms with van der Waals surface area (Å²) >= 11 is 1.46. The average molecular weight is 391 g/mol. The molecule has 2 aliphatic heterocycles. The summed E-state index contributed by atoms with van der Waals surface area (Å²) < 4.78 is 5.24. The predicted molar refractivity (Wildman–Crippen MR) is 104 cm³/mol. The lowest BCUT2D eigenvalue weighted by atomic mass is 9.87. The number of anilines is 1. The summed E-state index contributed by atoms with van der Waals surface area (Å²) in [5.74, 6) is -0.807. The summed E-state index contributed by atoms with van der Waals surface area (Å²) in [7, 11) is 1.99. The fraction of sp³-hybridized carbons (Fsp3) is 0.526. The second-order valence-corrected chi connectivity index (χ2v) is 8.40. The summed E-state index contributed by atoms with van der Waals surface area (Å²) in [5, 5.41) is 5.59. The lowest BCUT2D eigenvalue weighted by molar-refractivity contribution is -0.152. The molecule has 0 radical (unpaired) electrons. The van der Waals surface area contributed by atoms with Crippen LogP contribution in [-0.2, 0) is 14.3 Å². The molecule has 2 heterocycles. The van der Waals surface area contributed by atoms with Gasteiger partial charge < -0.3 is 20.3 Å². The van der Waals surface area contributed by atoms with Gasteiger partial charge >= 0.3 is 5.97 Å². The van der Waals surface area contributed by atoms with Crippen molar-refractivity contribution in [1.29, 1.82) is 0 Å². The SMILES string of the molecule is CCOC(=O)C1(NC(=O)c2ccc3c(c2)NC(=O)[C@@H](C)S3)CCN(C)CC1. The number of thioether (sulfide) groups is 1. The number of rotatable bonds is 4. The topological polar surface area (TPSA) is 87.7 Å². The van der Waals surface area contributed by atoms with Crippen molar-refractivity contribution in [3.8, 4) is 0 Å². The average Bonchev–Trinajstić information content (AvgIpc) is 2.64. The standard InChI is InChI=1S/C19H25N3O4S/c1-4-26-18(25)19(7-9-22(3)10-8-19)21-17(24)13-5-6-15-14(11-13)20-16(23)12(2)27-15/h5-6,11-12H,4,7-10H2,1-3H3,(H,20,23)(H,21,24)/t12-/m1/s1. The lowest BCUT2D eigenvalue weighted by Crippen LogP contribution is -2.60. The minimum atomic E-state index is -1.01. The highest BCUT2D eigenvalue weighted by Crippen LogP contribution is 2.36. The summed E-state index contributed by atoms with van der Waals surface area (Å²) in [4.78, 5) is 40.4. The number of piperidine rings is 1. The van der Waals surface area contributed by atoms with Gasteiger partial charge in [-0.25, -0.2) is 4.79 Å². The number of amides is 2. The fourth-order valence-corrected chi connectivity index (χ4v) is 4.22. The van der Waals surface area contributed by atoms with Gasteiger partial charge in [-0.1, -0.05) is 0 Å². The van der Waals surface area contributed by atoms with Gasteiger partial charge in [0.15, 0.2) is 0 Å². The Kier molecular flexibility index (Phi) is 5.76. The smallest absolute Gasteiger partial charge is 0.331 e. The van der Waals surface area contributed by atoms with E-state index < -0.39 is 5.54 Å². The maximum atomic E-state index is 12.9. The quantitative estimate of drug-likeness (QED) is 0.762. The Morgan fingerprint density at radius 3 is 2.74 bits per heavy atom. The van der Waals surface area contributed by atoms with Gasteiger partial charge in [-0.15, -0.1) is 11.8 Å². The number of hydrogen-bond donors (Lipinski definition) is 2. The van der Waals surface area contributed by atoms with E-state index in [4.69, 9.17) is 4.74 Å². The van der Waals surface area contributed by atoms with Crippen molar-refractivity contribution in [3.63, 3.8) is 0 Å². The summed E-state index contributed by atoms with van der Waals surface area (Å²) in [5.41, 5.74) is 0.0262. The lowest BCUT2D eigenvalue weighted by Gasteiger charge is -2.39. The van der Waals surface area contributed by atoms with Crippen molar-refractivity contribution < 1.29 is 19.1 Å². The highest BCUT2D eigenvalue weighted by atomic mass is 32.2. The molecule has 7 nitrogen and oxygen atoms in total. The van der Waals surface area contributed by atoms with Crippen LogP contribution in [0.25, 0.3) is 0 Å². The Labute approximate surface area is 163 Å². The largest absolute Gasteiger partial charge is 0.464 e. The van der Waals surface area contributed by atoms with E-state index in [0.717, 1.165) is 4.90 Å². The number of benzene rings is 1. The van der Waals surface area contributed by atoms with E-state index in [-0.39, 0.29) is 29.6 Å². The first kappa shape index (κ1) is 19.7. The summed E-state index contributed by atoms with van der Waals surface area (Å²) in [6.07, 6.45) is 1.01. The number of carbonyl (C=O) groups excluding carboxylic acids is 3. The molecular weight excluding hydrogens is 366 g/mol. The molecule has 0 saturated carbocycles. The molecular formula is C19H25N3O4S. The molecule has 1 saturated heterocycles. The van der Waals surface area contributed by atoms with Gasteiger partial charge in [0.25, 0.3) is 5.91 Å².